The zero-order valence-corrected chi connectivity index (χ0v) is 19.6. The molecule has 0 fully saturated rings. The lowest BCUT2D eigenvalue weighted by Crippen LogP contribution is -2.01. The molecule has 0 unspecified atom stereocenters. The van der Waals surface area contributed by atoms with E-state index in [-0.39, 0.29) is 0 Å². The molecule has 0 spiro atoms. The second kappa shape index (κ2) is 12.7. The maximum atomic E-state index is 5.28. The smallest absolute Gasteiger partial charge is 0.118 e. The van der Waals surface area contributed by atoms with Crippen molar-refractivity contribution in [2.45, 2.75) is 25.7 Å². The number of rotatable bonds is 9. The zero-order chi connectivity index (χ0) is 20.2. The van der Waals surface area contributed by atoms with Crippen molar-refractivity contribution in [3.8, 4) is 23.3 Å². The van der Waals surface area contributed by atoms with Crippen LogP contribution in [0.15, 0.2) is 59.7 Å². The predicted octanol–water partition coefficient (Wildman–Crippen LogP) is 6.36. The van der Waals surface area contributed by atoms with E-state index < -0.39 is 0 Å². The monoisotopic (exact) mass is 504 g/mol. The van der Waals surface area contributed by atoms with Gasteiger partial charge in [-0.3, -0.25) is 0 Å². The van der Waals surface area contributed by atoms with E-state index in [9.17, 15) is 0 Å². The van der Waals surface area contributed by atoms with Crippen molar-refractivity contribution in [2.24, 2.45) is 0 Å². The van der Waals surface area contributed by atoms with E-state index in [0.29, 0.717) is 0 Å². The van der Waals surface area contributed by atoms with E-state index >= 15 is 0 Å². The molecule has 0 N–H and O–H groups in total. The van der Waals surface area contributed by atoms with Gasteiger partial charge in [0.15, 0.2) is 0 Å². The van der Waals surface area contributed by atoms with Crippen molar-refractivity contribution in [3.05, 3.63) is 70.8 Å². The second-order valence-electron chi connectivity index (χ2n) is 6.31. The first-order valence-corrected chi connectivity index (χ1v) is 11.5. The Balaban J connectivity index is 2.33. The Morgan fingerprint density at radius 3 is 1.79 bits per heavy atom. The average molecular weight is 506 g/mol. The fourth-order valence-corrected chi connectivity index (χ4v) is 3.55. The van der Waals surface area contributed by atoms with Crippen LogP contribution in [-0.2, 0) is 12.8 Å². The molecular weight excluding hydrogens is 480 g/mol. The highest BCUT2D eigenvalue weighted by Gasteiger charge is 2.09. The molecular formula is C24H26Br2O2. The van der Waals surface area contributed by atoms with Gasteiger partial charge < -0.3 is 9.47 Å². The molecule has 0 heterocycles. The summed E-state index contributed by atoms with van der Waals surface area (Å²) in [6, 6.07) is 16.5. The van der Waals surface area contributed by atoms with Crippen LogP contribution in [0.3, 0.4) is 0 Å². The van der Waals surface area contributed by atoms with Gasteiger partial charge in [-0.05, 0) is 48.2 Å². The van der Waals surface area contributed by atoms with Gasteiger partial charge in [-0.25, -0.2) is 0 Å². The summed E-state index contributed by atoms with van der Waals surface area (Å²) in [5, 5.41) is 1.81. The molecule has 148 valence electrons. The summed E-state index contributed by atoms with van der Waals surface area (Å²) in [6.45, 7) is 0. The number of hydrogen-bond donors (Lipinski definition) is 0. The molecule has 2 aromatic carbocycles. The molecule has 0 amide bonds. The Hall–Kier alpha value is -1.70. The third kappa shape index (κ3) is 7.37. The maximum absolute atomic E-state index is 5.28. The fourth-order valence-electron chi connectivity index (χ4n) is 2.87. The van der Waals surface area contributed by atoms with Crippen LogP contribution in [0.2, 0.25) is 0 Å². The summed E-state index contributed by atoms with van der Waals surface area (Å²) >= 11 is 7.08. The van der Waals surface area contributed by atoms with Crippen molar-refractivity contribution in [2.75, 3.05) is 24.9 Å². The normalized spacial score (nSPS) is 11.3. The molecule has 0 atom stereocenters. The van der Waals surface area contributed by atoms with Gasteiger partial charge in [-0.2, -0.15) is 0 Å². The third-order valence-corrected chi connectivity index (χ3v) is 5.19. The van der Waals surface area contributed by atoms with Gasteiger partial charge in [0.05, 0.1) is 14.2 Å². The van der Waals surface area contributed by atoms with Crippen LogP contribution in [0.4, 0.5) is 0 Å². The summed E-state index contributed by atoms with van der Waals surface area (Å²) < 4.78 is 10.6. The minimum absolute atomic E-state index is 0.831. The van der Waals surface area contributed by atoms with Crippen LogP contribution < -0.4 is 9.47 Å². The predicted molar refractivity (Wildman–Crippen MR) is 125 cm³/mol. The highest BCUT2D eigenvalue weighted by Crippen LogP contribution is 2.23. The van der Waals surface area contributed by atoms with Crippen molar-refractivity contribution in [3.63, 3.8) is 0 Å². The molecule has 0 saturated heterocycles. The fraction of sp³-hybridized carbons (Fsp3) is 0.333. The zero-order valence-electron chi connectivity index (χ0n) is 16.4. The van der Waals surface area contributed by atoms with Crippen LogP contribution in [0.5, 0.6) is 11.5 Å². The molecule has 0 bridgehead atoms. The van der Waals surface area contributed by atoms with E-state index in [1.54, 1.807) is 14.2 Å². The van der Waals surface area contributed by atoms with E-state index in [1.165, 1.54) is 22.3 Å². The molecule has 0 saturated carbocycles. The number of halogens is 2. The first-order valence-electron chi connectivity index (χ1n) is 9.27. The Kier molecular flexibility index (Phi) is 10.2. The summed E-state index contributed by atoms with van der Waals surface area (Å²) in [7, 11) is 3.38. The Morgan fingerprint density at radius 1 is 0.786 bits per heavy atom. The van der Waals surface area contributed by atoms with Gasteiger partial charge in [0, 0.05) is 29.1 Å². The van der Waals surface area contributed by atoms with Crippen molar-refractivity contribution in [1.82, 2.24) is 0 Å². The largest absolute Gasteiger partial charge is 0.497 e. The van der Waals surface area contributed by atoms with Gasteiger partial charge in [0.2, 0.25) is 0 Å². The van der Waals surface area contributed by atoms with Gasteiger partial charge >= 0.3 is 0 Å². The van der Waals surface area contributed by atoms with Crippen LogP contribution in [0.1, 0.15) is 24.0 Å². The number of methoxy groups -OCH3 is 2. The van der Waals surface area contributed by atoms with Gasteiger partial charge in [-0.1, -0.05) is 73.5 Å². The minimum atomic E-state index is 0.831. The van der Waals surface area contributed by atoms with Crippen molar-refractivity contribution < 1.29 is 9.47 Å². The highest BCUT2D eigenvalue weighted by molar-refractivity contribution is 9.09. The lowest BCUT2D eigenvalue weighted by Gasteiger charge is -2.12. The SMILES string of the molecule is COc1ccc(C/C(C#CCCBr)=C(\CCBr)Cc2ccc(OC)cc2)cc1. The number of alkyl halides is 2. The number of ether oxygens (including phenoxy) is 2. The van der Waals surface area contributed by atoms with Crippen LogP contribution >= 0.6 is 31.9 Å². The lowest BCUT2D eigenvalue weighted by atomic mass is 9.93. The van der Waals surface area contributed by atoms with E-state index in [1.807, 2.05) is 24.3 Å². The summed E-state index contributed by atoms with van der Waals surface area (Å²) in [5.74, 6) is 8.51. The van der Waals surface area contributed by atoms with Gasteiger partial charge in [0.1, 0.15) is 11.5 Å². The van der Waals surface area contributed by atoms with Crippen LogP contribution in [0, 0.1) is 11.8 Å². The van der Waals surface area contributed by atoms with Gasteiger partial charge in [0.25, 0.3) is 0 Å². The van der Waals surface area contributed by atoms with E-state index in [4.69, 9.17) is 9.47 Å². The molecule has 0 radical (unpaired) electrons. The van der Waals surface area contributed by atoms with Gasteiger partial charge in [-0.15, -0.1) is 0 Å². The number of hydrogen-bond acceptors (Lipinski definition) is 2. The summed E-state index contributed by atoms with van der Waals surface area (Å²) in [6.07, 6.45) is 3.54. The Labute approximate surface area is 185 Å². The minimum Gasteiger partial charge on any atom is -0.497 e. The molecule has 4 heteroatoms. The molecule has 0 aliphatic heterocycles. The third-order valence-electron chi connectivity index (χ3n) is 4.40. The molecule has 2 nitrogen and oxygen atoms in total. The Bertz CT molecular complexity index is 812. The molecule has 28 heavy (non-hydrogen) atoms. The summed E-state index contributed by atoms with van der Waals surface area (Å²) in [4.78, 5) is 0. The maximum Gasteiger partial charge on any atom is 0.118 e. The first-order chi connectivity index (χ1) is 13.7. The molecule has 0 aromatic heterocycles. The molecule has 2 rings (SSSR count). The first kappa shape index (κ1) is 22.6. The summed E-state index contributed by atoms with van der Waals surface area (Å²) in [5.41, 5.74) is 5.10. The average Bonchev–Trinajstić information content (AvgIpc) is 2.74. The van der Waals surface area contributed by atoms with E-state index in [0.717, 1.165) is 47.8 Å². The van der Waals surface area contributed by atoms with E-state index in [2.05, 4.69) is 68.0 Å². The molecule has 2 aromatic rings. The lowest BCUT2D eigenvalue weighted by molar-refractivity contribution is 0.414. The van der Waals surface area contributed by atoms with Crippen LogP contribution in [-0.4, -0.2) is 24.9 Å². The van der Waals surface area contributed by atoms with Crippen LogP contribution in [0.25, 0.3) is 0 Å². The number of benzene rings is 2. The topological polar surface area (TPSA) is 18.5 Å². The Morgan fingerprint density at radius 2 is 1.32 bits per heavy atom. The second-order valence-corrected chi connectivity index (χ2v) is 7.90. The molecule has 0 aliphatic carbocycles. The highest BCUT2D eigenvalue weighted by atomic mass is 79.9. The molecule has 0 aliphatic rings. The van der Waals surface area contributed by atoms with Crippen molar-refractivity contribution in [1.29, 1.82) is 0 Å². The standard InChI is InChI=1S/C24H26Br2O2/c1-27-23-10-6-19(7-11-23)17-21(5-3-4-15-25)22(14-16-26)18-20-8-12-24(28-2)13-9-20/h6-13H,4,14-18H2,1-2H3/b22-21+. The number of allylic oxidation sites excluding steroid dienone is 2. The van der Waals surface area contributed by atoms with Crippen molar-refractivity contribution >= 4 is 31.9 Å². The quantitative estimate of drug-likeness (QED) is 0.291.